The average Bonchev–Trinajstić information content (AvgIpc) is 2.31. The van der Waals surface area contributed by atoms with E-state index in [-0.39, 0.29) is 24.4 Å². The maximum Gasteiger partial charge on any atom is 0.253 e. The number of para-hydroxylation sites is 1. The molecule has 0 aliphatic carbocycles. The Kier molecular flexibility index (Phi) is 5.25. The predicted octanol–water partition coefficient (Wildman–Crippen LogP) is 1.60. The Bertz CT molecular complexity index is 379. The number of carbonyl (C=O) groups excluding carboxylic acids is 1. The molecule has 94 valence electrons. The van der Waals surface area contributed by atoms with Crippen molar-refractivity contribution in [1.82, 2.24) is 5.32 Å². The zero-order valence-corrected chi connectivity index (χ0v) is 10.3. The minimum Gasteiger partial charge on any atom is -0.398 e. The van der Waals surface area contributed by atoms with Crippen molar-refractivity contribution in [3.05, 3.63) is 29.8 Å². The van der Waals surface area contributed by atoms with Crippen LogP contribution < -0.4 is 11.1 Å². The summed E-state index contributed by atoms with van der Waals surface area (Å²) in [6.07, 6.45) is 1.97. The van der Waals surface area contributed by atoms with Crippen LogP contribution in [0.15, 0.2) is 24.3 Å². The molecule has 1 aromatic rings. The van der Waals surface area contributed by atoms with E-state index >= 15 is 0 Å². The molecule has 4 nitrogen and oxygen atoms in total. The largest absolute Gasteiger partial charge is 0.398 e. The van der Waals surface area contributed by atoms with Crippen molar-refractivity contribution in [2.24, 2.45) is 0 Å². The van der Waals surface area contributed by atoms with E-state index in [0.717, 1.165) is 19.4 Å². The van der Waals surface area contributed by atoms with Crippen molar-refractivity contribution in [1.29, 1.82) is 0 Å². The summed E-state index contributed by atoms with van der Waals surface area (Å²) in [4.78, 5) is 11.9. The molecule has 1 heterocycles. The third kappa shape index (κ3) is 3.61. The molecule has 1 unspecified atom stereocenters. The van der Waals surface area contributed by atoms with E-state index in [4.69, 9.17) is 10.5 Å². The smallest absolute Gasteiger partial charge is 0.253 e. The Labute approximate surface area is 107 Å². The molecule has 1 saturated heterocycles. The van der Waals surface area contributed by atoms with Gasteiger partial charge in [-0.3, -0.25) is 4.79 Å². The second-order valence-corrected chi connectivity index (χ2v) is 3.97. The molecule has 2 rings (SSSR count). The van der Waals surface area contributed by atoms with Crippen LogP contribution in [0, 0.1) is 0 Å². The molecule has 0 spiro atoms. The molecular formula is C12H17ClN2O2. The molecule has 1 aliphatic rings. The number of nitrogens with two attached hydrogens (primary N) is 1. The van der Waals surface area contributed by atoms with E-state index in [2.05, 4.69) is 5.32 Å². The highest BCUT2D eigenvalue weighted by Gasteiger charge is 2.17. The number of benzene rings is 1. The Morgan fingerprint density at radius 3 is 2.82 bits per heavy atom. The van der Waals surface area contributed by atoms with Crippen LogP contribution in [0.2, 0.25) is 0 Å². The van der Waals surface area contributed by atoms with Crippen LogP contribution >= 0.6 is 12.4 Å². The number of nitrogens with one attached hydrogen (secondary N) is 1. The van der Waals surface area contributed by atoms with Gasteiger partial charge in [-0.15, -0.1) is 12.4 Å². The first-order valence-corrected chi connectivity index (χ1v) is 5.50. The Hall–Kier alpha value is -1.26. The molecule has 0 saturated carbocycles. The molecule has 1 fully saturated rings. The average molecular weight is 257 g/mol. The van der Waals surface area contributed by atoms with Crippen LogP contribution in [0.5, 0.6) is 0 Å². The van der Waals surface area contributed by atoms with Gasteiger partial charge in [0, 0.05) is 12.3 Å². The second kappa shape index (κ2) is 6.47. The van der Waals surface area contributed by atoms with Gasteiger partial charge in [-0.1, -0.05) is 12.1 Å². The first-order valence-electron chi connectivity index (χ1n) is 5.50. The van der Waals surface area contributed by atoms with Gasteiger partial charge in [0.15, 0.2) is 0 Å². The third-order valence-electron chi connectivity index (χ3n) is 2.70. The van der Waals surface area contributed by atoms with Gasteiger partial charge in [0.05, 0.1) is 18.2 Å². The first kappa shape index (κ1) is 13.8. The molecule has 0 aromatic heterocycles. The molecular weight excluding hydrogens is 240 g/mol. The minimum absolute atomic E-state index is 0. The third-order valence-corrected chi connectivity index (χ3v) is 2.70. The quantitative estimate of drug-likeness (QED) is 0.790. The highest BCUT2D eigenvalue weighted by molar-refractivity contribution is 5.99. The summed E-state index contributed by atoms with van der Waals surface area (Å²) in [5.74, 6) is -0.117. The van der Waals surface area contributed by atoms with E-state index < -0.39 is 0 Å². The van der Waals surface area contributed by atoms with E-state index in [1.54, 1.807) is 12.1 Å². The fourth-order valence-electron chi connectivity index (χ4n) is 1.82. The SMILES string of the molecule is Cl.Nc1ccccc1C(=O)NC1CCCOC1. The predicted molar refractivity (Wildman–Crippen MR) is 69.4 cm³/mol. The Balaban J connectivity index is 0.00000144. The van der Waals surface area contributed by atoms with E-state index in [1.165, 1.54) is 0 Å². The monoisotopic (exact) mass is 256 g/mol. The van der Waals surface area contributed by atoms with Crippen LogP contribution in [0.3, 0.4) is 0 Å². The fourth-order valence-corrected chi connectivity index (χ4v) is 1.82. The lowest BCUT2D eigenvalue weighted by Gasteiger charge is -2.23. The van der Waals surface area contributed by atoms with Crippen molar-refractivity contribution < 1.29 is 9.53 Å². The van der Waals surface area contributed by atoms with Crippen molar-refractivity contribution in [3.8, 4) is 0 Å². The summed E-state index contributed by atoms with van der Waals surface area (Å²) in [7, 11) is 0. The molecule has 1 aliphatic heterocycles. The van der Waals surface area contributed by atoms with Gasteiger partial charge in [0.25, 0.3) is 5.91 Å². The van der Waals surface area contributed by atoms with Crippen molar-refractivity contribution in [3.63, 3.8) is 0 Å². The van der Waals surface area contributed by atoms with E-state index in [0.29, 0.717) is 17.9 Å². The van der Waals surface area contributed by atoms with Crippen molar-refractivity contribution >= 4 is 24.0 Å². The Morgan fingerprint density at radius 2 is 2.18 bits per heavy atom. The number of carbonyl (C=O) groups is 1. The zero-order chi connectivity index (χ0) is 11.4. The minimum atomic E-state index is -0.117. The lowest BCUT2D eigenvalue weighted by Crippen LogP contribution is -2.40. The first-order chi connectivity index (χ1) is 7.77. The molecule has 0 radical (unpaired) electrons. The number of anilines is 1. The zero-order valence-electron chi connectivity index (χ0n) is 9.52. The van der Waals surface area contributed by atoms with Gasteiger partial charge in [-0.2, -0.15) is 0 Å². The number of nitrogen functional groups attached to an aromatic ring is 1. The number of hydrogen-bond donors (Lipinski definition) is 2. The summed E-state index contributed by atoms with van der Waals surface area (Å²) in [5.41, 5.74) is 6.78. The van der Waals surface area contributed by atoms with Gasteiger partial charge < -0.3 is 15.8 Å². The van der Waals surface area contributed by atoms with Crippen molar-refractivity contribution in [2.45, 2.75) is 18.9 Å². The second-order valence-electron chi connectivity index (χ2n) is 3.97. The lowest BCUT2D eigenvalue weighted by atomic mass is 10.1. The maximum absolute atomic E-state index is 11.9. The molecule has 3 N–H and O–H groups in total. The standard InChI is InChI=1S/C12H16N2O2.ClH/c13-11-6-2-1-5-10(11)12(15)14-9-4-3-7-16-8-9;/h1-2,5-6,9H,3-4,7-8,13H2,(H,14,15);1H. The van der Waals surface area contributed by atoms with Crippen LogP contribution in [-0.2, 0) is 4.74 Å². The highest BCUT2D eigenvalue weighted by atomic mass is 35.5. The van der Waals surface area contributed by atoms with Crippen LogP contribution in [0.1, 0.15) is 23.2 Å². The van der Waals surface area contributed by atoms with Gasteiger partial charge >= 0.3 is 0 Å². The number of amides is 1. The number of rotatable bonds is 2. The van der Waals surface area contributed by atoms with Crippen LogP contribution in [0.25, 0.3) is 0 Å². The van der Waals surface area contributed by atoms with Gasteiger partial charge in [0.1, 0.15) is 0 Å². The molecule has 1 atom stereocenters. The fraction of sp³-hybridized carbons (Fsp3) is 0.417. The van der Waals surface area contributed by atoms with E-state index in [9.17, 15) is 4.79 Å². The number of ether oxygens (including phenoxy) is 1. The highest BCUT2D eigenvalue weighted by Crippen LogP contribution is 2.12. The molecule has 0 bridgehead atoms. The molecule has 1 amide bonds. The number of hydrogen-bond acceptors (Lipinski definition) is 3. The van der Waals surface area contributed by atoms with Crippen molar-refractivity contribution in [2.75, 3.05) is 18.9 Å². The topological polar surface area (TPSA) is 64.4 Å². The van der Waals surface area contributed by atoms with Gasteiger partial charge in [-0.25, -0.2) is 0 Å². The van der Waals surface area contributed by atoms with Gasteiger partial charge in [0.2, 0.25) is 0 Å². The Morgan fingerprint density at radius 1 is 1.41 bits per heavy atom. The van der Waals surface area contributed by atoms with Crippen LogP contribution in [-0.4, -0.2) is 25.2 Å². The van der Waals surface area contributed by atoms with E-state index in [1.807, 2.05) is 12.1 Å². The molecule has 5 heteroatoms. The van der Waals surface area contributed by atoms with Crippen LogP contribution in [0.4, 0.5) is 5.69 Å². The normalized spacial score (nSPS) is 19.2. The molecule has 17 heavy (non-hydrogen) atoms. The molecule has 1 aromatic carbocycles. The summed E-state index contributed by atoms with van der Waals surface area (Å²) in [6.45, 7) is 1.39. The number of halogens is 1. The lowest BCUT2D eigenvalue weighted by molar-refractivity contribution is 0.0624. The maximum atomic E-state index is 11.9. The summed E-state index contributed by atoms with van der Waals surface area (Å²) >= 11 is 0. The van der Waals surface area contributed by atoms with Gasteiger partial charge in [-0.05, 0) is 25.0 Å². The summed E-state index contributed by atoms with van der Waals surface area (Å²) < 4.78 is 5.30. The summed E-state index contributed by atoms with van der Waals surface area (Å²) in [5, 5.41) is 2.93. The summed E-state index contributed by atoms with van der Waals surface area (Å²) in [6, 6.07) is 7.19.